The van der Waals surface area contributed by atoms with Crippen LogP contribution < -0.4 is 5.32 Å². The zero-order valence-electron chi connectivity index (χ0n) is 13.6. The van der Waals surface area contributed by atoms with Crippen molar-refractivity contribution in [2.24, 2.45) is 7.05 Å². The minimum atomic E-state index is -0.121. The molecule has 0 aromatic carbocycles. The third kappa shape index (κ3) is 3.78. The average molecular weight is 289 g/mol. The Balaban J connectivity index is 2.38. The summed E-state index contributed by atoms with van der Waals surface area (Å²) in [4.78, 5) is 9.18. The maximum absolute atomic E-state index is 5.19. The molecule has 0 unspecified atom stereocenters. The van der Waals surface area contributed by atoms with Crippen molar-refractivity contribution in [3.05, 3.63) is 29.5 Å². The van der Waals surface area contributed by atoms with Gasteiger partial charge in [0.05, 0.1) is 23.7 Å². The molecular weight excluding hydrogens is 266 g/mol. The molecule has 21 heavy (non-hydrogen) atoms. The van der Waals surface area contributed by atoms with Gasteiger partial charge in [0.1, 0.15) is 11.6 Å². The fourth-order valence-electron chi connectivity index (χ4n) is 1.98. The number of hydrogen-bond acceptors (Lipinski definition) is 5. The van der Waals surface area contributed by atoms with Gasteiger partial charge in [-0.25, -0.2) is 9.97 Å². The highest BCUT2D eigenvalue weighted by Crippen LogP contribution is 2.23. The van der Waals surface area contributed by atoms with E-state index >= 15 is 0 Å². The van der Waals surface area contributed by atoms with E-state index in [9.17, 15) is 0 Å². The molecule has 0 spiro atoms. The largest absolute Gasteiger partial charge is 0.378 e. The summed E-state index contributed by atoms with van der Waals surface area (Å²) in [5.41, 5.74) is 2.62. The first-order valence-corrected chi connectivity index (χ1v) is 6.94. The molecule has 0 bridgehead atoms. The zero-order valence-corrected chi connectivity index (χ0v) is 13.6. The molecule has 2 heterocycles. The fourth-order valence-corrected chi connectivity index (χ4v) is 1.98. The highest BCUT2D eigenvalue weighted by atomic mass is 16.5. The van der Waals surface area contributed by atoms with Gasteiger partial charge in [-0.1, -0.05) is 20.8 Å². The molecule has 114 valence electrons. The first kappa shape index (κ1) is 15.4. The van der Waals surface area contributed by atoms with Gasteiger partial charge in [0.2, 0.25) is 0 Å². The Kier molecular flexibility index (Phi) is 4.27. The molecule has 0 aliphatic heterocycles. The molecule has 6 nitrogen and oxygen atoms in total. The summed E-state index contributed by atoms with van der Waals surface area (Å²) in [7, 11) is 3.56. The maximum Gasteiger partial charge on any atom is 0.136 e. The number of anilines is 2. The Labute approximate surface area is 125 Å². The second-order valence-electron chi connectivity index (χ2n) is 6.18. The van der Waals surface area contributed by atoms with Crippen LogP contribution in [0.4, 0.5) is 11.5 Å². The summed E-state index contributed by atoms with van der Waals surface area (Å²) in [6.07, 6.45) is 1.93. The molecule has 2 rings (SSSR count). The van der Waals surface area contributed by atoms with E-state index in [0.717, 1.165) is 28.7 Å². The van der Waals surface area contributed by atoms with Crippen molar-refractivity contribution in [1.29, 1.82) is 0 Å². The van der Waals surface area contributed by atoms with Crippen LogP contribution in [0, 0.1) is 6.92 Å². The zero-order chi connectivity index (χ0) is 15.6. The van der Waals surface area contributed by atoms with E-state index < -0.39 is 0 Å². The lowest BCUT2D eigenvalue weighted by atomic mass is 9.95. The van der Waals surface area contributed by atoms with E-state index in [2.05, 4.69) is 41.2 Å². The number of methoxy groups -OCH3 is 1. The van der Waals surface area contributed by atoms with E-state index in [0.29, 0.717) is 6.61 Å². The van der Waals surface area contributed by atoms with Crippen LogP contribution in [0.1, 0.15) is 38.0 Å². The molecule has 1 N–H and O–H groups in total. The fraction of sp³-hybridized carbons (Fsp3) is 0.533. The van der Waals surface area contributed by atoms with Gasteiger partial charge in [0.25, 0.3) is 0 Å². The third-order valence-corrected chi connectivity index (χ3v) is 3.02. The summed E-state index contributed by atoms with van der Waals surface area (Å²) in [5, 5.41) is 7.64. The molecule has 0 aliphatic rings. The van der Waals surface area contributed by atoms with Gasteiger partial charge in [-0.3, -0.25) is 4.68 Å². The van der Waals surface area contributed by atoms with E-state index in [4.69, 9.17) is 4.74 Å². The average Bonchev–Trinajstić information content (AvgIpc) is 2.67. The topological polar surface area (TPSA) is 64.9 Å². The highest BCUT2D eigenvalue weighted by Gasteiger charge is 2.19. The molecule has 0 radical (unpaired) electrons. The van der Waals surface area contributed by atoms with Crippen LogP contribution in [-0.2, 0) is 23.8 Å². The SMILES string of the molecule is COCc1cc(Nc2cn(C)nc2C)nc(C(C)(C)C)n1. The summed E-state index contributed by atoms with van der Waals surface area (Å²) < 4.78 is 6.97. The smallest absolute Gasteiger partial charge is 0.136 e. The molecule has 2 aromatic heterocycles. The van der Waals surface area contributed by atoms with Crippen LogP contribution >= 0.6 is 0 Å². The Morgan fingerprint density at radius 2 is 2.00 bits per heavy atom. The Morgan fingerprint density at radius 1 is 1.29 bits per heavy atom. The molecule has 2 aromatic rings. The molecular formula is C15H23N5O. The first-order valence-electron chi connectivity index (χ1n) is 6.94. The number of rotatable bonds is 4. The van der Waals surface area contributed by atoms with Crippen molar-refractivity contribution in [2.75, 3.05) is 12.4 Å². The molecule has 0 fully saturated rings. The quantitative estimate of drug-likeness (QED) is 0.937. The molecule has 0 atom stereocenters. The van der Waals surface area contributed by atoms with Crippen molar-refractivity contribution in [3.63, 3.8) is 0 Å². The van der Waals surface area contributed by atoms with Gasteiger partial charge in [-0.05, 0) is 6.92 Å². The summed E-state index contributed by atoms with van der Waals surface area (Å²) in [6.45, 7) is 8.71. The van der Waals surface area contributed by atoms with Gasteiger partial charge in [0.15, 0.2) is 0 Å². The highest BCUT2D eigenvalue weighted by molar-refractivity contribution is 5.57. The van der Waals surface area contributed by atoms with Crippen LogP contribution in [0.5, 0.6) is 0 Å². The number of nitrogens with one attached hydrogen (secondary N) is 1. The number of ether oxygens (including phenoxy) is 1. The van der Waals surface area contributed by atoms with E-state index in [1.807, 2.05) is 26.2 Å². The second-order valence-corrected chi connectivity index (χ2v) is 6.18. The lowest BCUT2D eigenvalue weighted by Gasteiger charge is -2.18. The third-order valence-electron chi connectivity index (χ3n) is 3.02. The molecule has 0 aliphatic carbocycles. The monoisotopic (exact) mass is 289 g/mol. The van der Waals surface area contributed by atoms with E-state index in [1.54, 1.807) is 11.8 Å². The number of nitrogens with zero attached hydrogens (tertiary/aromatic N) is 4. The normalized spacial score (nSPS) is 11.7. The second kappa shape index (κ2) is 5.81. The Hall–Kier alpha value is -1.95. The molecule has 0 saturated heterocycles. The number of hydrogen-bond donors (Lipinski definition) is 1. The van der Waals surface area contributed by atoms with Crippen molar-refractivity contribution >= 4 is 11.5 Å². The minimum Gasteiger partial charge on any atom is -0.378 e. The number of aromatic nitrogens is 4. The van der Waals surface area contributed by atoms with Crippen molar-refractivity contribution in [2.45, 2.75) is 39.7 Å². The lowest BCUT2D eigenvalue weighted by Crippen LogP contribution is -2.18. The van der Waals surface area contributed by atoms with Crippen LogP contribution in [0.2, 0.25) is 0 Å². The summed E-state index contributed by atoms with van der Waals surface area (Å²) in [5.74, 6) is 1.55. The van der Waals surface area contributed by atoms with Crippen molar-refractivity contribution in [3.8, 4) is 0 Å². The summed E-state index contributed by atoms with van der Waals surface area (Å²) in [6, 6.07) is 1.91. The lowest BCUT2D eigenvalue weighted by molar-refractivity contribution is 0.181. The van der Waals surface area contributed by atoms with Gasteiger partial charge in [-0.15, -0.1) is 0 Å². The Bertz CT molecular complexity index is 627. The Morgan fingerprint density at radius 3 is 2.52 bits per heavy atom. The van der Waals surface area contributed by atoms with Crippen LogP contribution in [0.25, 0.3) is 0 Å². The summed E-state index contributed by atoms with van der Waals surface area (Å²) >= 11 is 0. The van der Waals surface area contributed by atoms with Crippen LogP contribution in [0.15, 0.2) is 12.3 Å². The number of aryl methyl sites for hydroxylation is 2. The van der Waals surface area contributed by atoms with Crippen LogP contribution in [0.3, 0.4) is 0 Å². The van der Waals surface area contributed by atoms with Crippen molar-refractivity contribution < 1.29 is 4.74 Å². The minimum absolute atomic E-state index is 0.121. The molecule has 0 saturated carbocycles. The van der Waals surface area contributed by atoms with Gasteiger partial charge < -0.3 is 10.1 Å². The van der Waals surface area contributed by atoms with E-state index in [1.165, 1.54) is 0 Å². The first-order chi connectivity index (χ1) is 9.79. The van der Waals surface area contributed by atoms with E-state index in [-0.39, 0.29) is 5.41 Å². The van der Waals surface area contributed by atoms with Crippen molar-refractivity contribution in [1.82, 2.24) is 19.7 Å². The van der Waals surface area contributed by atoms with Gasteiger partial charge in [0, 0.05) is 31.8 Å². The molecule has 6 heteroatoms. The van der Waals surface area contributed by atoms with Crippen LogP contribution in [-0.4, -0.2) is 26.9 Å². The molecule has 0 amide bonds. The van der Waals surface area contributed by atoms with Gasteiger partial charge in [-0.2, -0.15) is 5.10 Å². The van der Waals surface area contributed by atoms with Gasteiger partial charge >= 0.3 is 0 Å². The maximum atomic E-state index is 5.19. The standard InChI is InChI=1S/C15H23N5O/c1-10-12(8-20(5)19-10)17-13-7-11(9-21-6)16-14(18-13)15(2,3)4/h7-8H,9H2,1-6H3,(H,16,17,18). The predicted octanol–water partition coefficient (Wildman–Crippen LogP) is 2.71. The predicted molar refractivity (Wildman–Crippen MR) is 82.7 cm³/mol.